The molecule has 0 amide bonds. The number of rotatable bonds is 5. The summed E-state index contributed by atoms with van der Waals surface area (Å²) in [6.07, 6.45) is 2.50. The molecule has 2 fully saturated rings. The lowest BCUT2D eigenvalue weighted by Gasteiger charge is -2.41. The van der Waals surface area contributed by atoms with Crippen LogP contribution in [-0.2, 0) is 15.8 Å². The van der Waals surface area contributed by atoms with Gasteiger partial charge in [0.05, 0.1) is 11.8 Å². The van der Waals surface area contributed by atoms with E-state index < -0.39 is 10.0 Å². The summed E-state index contributed by atoms with van der Waals surface area (Å²) in [5.41, 5.74) is 1.93. The van der Waals surface area contributed by atoms with Crippen molar-refractivity contribution in [2.45, 2.75) is 30.7 Å². The molecule has 1 unspecified atom stereocenters. The van der Waals surface area contributed by atoms with Crippen LogP contribution >= 0.6 is 0 Å². The summed E-state index contributed by atoms with van der Waals surface area (Å²) in [5, 5.41) is 0. The molecule has 0 N–H and O–H groups in total. The average molecular weight is 356 g/mol. The highest BCUT2D eigenvalue weighted by Gasteiger charge is 2.40. The molecule has 1 atom stereocenters. The number of hydrogen-bond acceptors (Lipinski definition) is 3. The Morgan fingerprint density at radius 1 is 0.880 bits per heavy atom. The van der Waals surface area contributed by atoms with E-state index in [9.17, 15) is 8.42 Å². The molecule has 1 aliphatic heterocycles. The molecule has 5 heteroatoms. The van der Waals surface area contributed by atoms with Crippen LogP contribution in [0.25, 0.3) is 0 Å². The first-order chi connectivity index (χ1) is 12.1. The van der Waals surface area contributed by atoms with Gasteiger partial charge in [-0.2, -0.15) is 4.31 Å². The van der Waals surface area contributed by atoms with E-state index in [1.807, 2.05) is 60.7 Å². The molecule has 1 heterocycles. The Kier molecular flexibility index (Phi) is 4.63. The minimum Gasteiger partial charge on any atom is -0.297 e. The SMILES string of the molecule is O=S(=O)(Cc1ccccc1)N1CCN(C2CC2)CC1c1ccccc1. The van der Waals surface area contributed by atoms with Crippen LogP contribution in [0, 0.1) is 0 Å². The summed E-state index contributed by atoms with van der Waals surface area (Å²) < 4.78 is 28.0. The normalized spacial score (nSPS) is 22.8. The molecular formula is C20H24N2O2S. The van der Waals surface area contributed by atoms with Crippen LogP contribution in [0.1, 0.15) is 30.0 Å². The molecule has 0 spiro atoms. The third kappa shape index (κ3) is 3.78. The van der Waals surface area contributed by atoms with Gasteiger partial charge in [0.15, 0.2) is 0 Å². The van der Waals surface area contributed by atoms with Crippen molar-refractivity contribution in [2.24, 2.45) is 0 Å². The van der Waals surface area contributed by atoms with E-state index in [0.29, 0.717) is 12.6 Å². The molecule has 132 valence electrons. The lowest BCUT2D eigenvalue weighted by Crippen LogP contribution is -2.51. The van der Waals surface area contributed by atoms with Crippen molar-refractivity contribution in [1.82, 2.24) is 9.21 Å². The fraction of sp³-hybridized carbons (Fsp3) is 0.400. The van der Waals surface area contributed by atoms with E-state index >= 15 is 0 Å². The van der Waals surface area contributed by atoms with Crippen molar-refractivity contribution in [1.29, 1.82) is 0 Å². The standard InChI is InChI=1S/C20H24N2O2S/c23-25(24,16-17-7-3-1-4-8-17)22-14-13-21(19-11-12-19)15-20(22)18-9-5-2-6-10-18/h1-10,19-20H,11-16H2. The highest BCUT2D eigenvalue weighted by Crippen LogP contribution is 2.35. The number of sulfonamides is 1. The molecule has 1 saturated heterocycles. The van der Waals surface area contributed by atoms with E-state index in [2.05, 4.69) is 4.90 Å². The topological polar surface area (TPSA) is 40.6 Å². The zero-order valence-corrected chi connectivity index (χ0v) is 15.1. The Labute approximate surface area is 150 Å². The molecule has 0 aromatic heterocycles. The predicted molar refractivity (Wildman–Crippen MR) is 99.5 cm³/mol. The van der Waals surface area contributed by atoms with Crippen LogP contribution in [0.4, 0.5) is 0 Å². The van der Waals surface area contributed by atoms with Crippen molar-refractivity contribution in [3.63, 3.8) is 0 Å². The van der Waals surface area contributed by atoms with E-state index in [-0.39, 0.29) is 11.8 Å². The van der Waals surface area contributed by atoms with Crippen molar-refractivity contribution in [3.05, 3.63) is 71.8 Å². The molecule has 4 nitrogen and oxygen atoms in total. The first-order valence-electron chi connectivity index (χ1n) is 8.96. The second-order valence-electron chi connectivity index (χ2n) is 7.01. The van der Waals surface area contributed by atoms with Gasteiger partial charge in [-0.3, -0.25) is 4.90 Å². The maximum atomic E-state index is 13.1. The van der Waals surface area contributed by atoms with Gasteiger partial charge in [0, 0.05) is 25.7 Å². The second-order valence-corrected chi connectivity index (χ2v) is 8.93. The van der Waals surface area contributed by atoms with E-state index in [1.165, 1.54) is 12.8 Å². The van der Waals surface area contributed by atoms with Crippen LogP contribution in [0.5, 0.6) is 0 Å². The number of hydrogen-bond donors (Lipinski definition) is 0. The Morgan fingerprint density at radius 2 is 1.52 bits per heavy atom. The quantitative estimate of drug-likeness (QED) is 0.827. The van der Waals surface area contributed by atoms with Crippen LogP contribution in [0.15, 0.2) is 60.7 Å². The van der Waals surface area contributed by atoms with Gasteiger partial charge in [0.1, 0.15) is 0 Å². The number of nitrogens with zero attached hydrogens (tertiary/aromatic N) is 2. The Bertz CT molecular complexity index is 804. The predicted octanol–water partition coefficient (Wildman–Crippen LogP) is 3.04. The molecule has 2 aromatic carbocycles. The van der Waals surface area contributed by atoms with Gasteiger partial charge in [-0.1, -0.05) is 60.7 Å². The third-order valence-electron chi connectivity index (χ3n) is 5.16. The van der Waals surface area contributed by atoms with Crippen molar-refractivity contribution >= 4 is 10.0 Å². The van der Waals surface area contributed by atoms with Gasteiger partial charge < -0.3 is 0 Å². The highest BCUT2D eigenvalue weighted by atomic mass is 32.2. The molecule has 2 aliphatic rings. The zero-order chi connectivity index (χ0) is 17.3. The summed E-state index contributed by atoms with van der Waals surface area (Å²) in [6.45, 7) is 2.20. The van der Waals surface area contributed by atoms with Crippen molar-refractivity contribution in [3.8, 4) is 0 Å². The first-order valence-corrected chi connectivity index (χ1v) is 10.6. The van der Waals surface area contributed by atoms with Gasteiger partial charge in [-0.15, -0.1) is 0 Å². The van der Waals surface area contributed by atoms with Gasteiger partial charge in [-0.25, -0.2) is 8.42 Å². The van der Waals surface area contributed by atoms with E-state index in [4.69, 9.17) is 0 Å². The molecular weight excluding hydrogens is 332 g/mol. The van der Waals surface area contributed by atoms with Gasteiger partial charge in [-0.05, 0) is 24.0 Å². The molecule has 1 aliphatic carbocycles. The minimum atomic E-state index is -3.36. The van der Waals surface area contributed by atoms with Crippen LogP contribution in [-0.4, -0.2) is 43.3 Å². The molecule has 1 saturated carbocycles. The fourth-order valence-corrected chi connectivity index (χ4v) is 5.42. The second kappa shape index (κ2) is 6.90. The molecule has 4 rings (SSSR count). The maximum absolute atomic E-state index is 13.1. The number of piperazine rings is 1. The first kappa shape index (κ1) is 16.8. The summed E-state index contributed by atoms with van der Waals surface area (Å²) >= 11 is 0. The number of benzene rings is 2. The lowest BCUT2D eigenvalue weighted by molar-refractivity contribution is 0.128. The fourth-order valence-electron chi connectivity index (χ4n) is 3.71. The molecule has 2 aromatic rings. The van der Waals surface area contributed by atoms with Crippen molar-refractivity contribution in [2.75, 3.05) is 19.6 Å². The van der Waals surface area contributed by atoms with Gasteiger partial charge in [0.2, 0.25) is 10.0 Å². The molecule has 25 heavy (non-hydrogen) atoms. The van der Waals surface area contributed by atoms with Gasteiger partial charge in [0.25, 0.3) is 0 Å². The monoisotopic (exact) mass is 356 g/mol. The molecule has 0 radical (unpaired) electrons. The third-order valence-corrected chi connectivity index (χ3v) is 7.01. The van der Waals surface area contributed by atoms with Crippen LogP contribution in [0.2, 0.25) is 0 Å². The Hall–Kier alpha value is -1.69. The summed E-state index contributed by atoms with van der Waals surface area (Å²) in [4.78, 5) is 2.46. The summed E-state index contributed by atoms with van der Waals surface area (Å²) in [7, 11) is -3.36. The average Bonchev–Trinajstić information content (AvgIpc) is 3.48. The minimum absolute atomic E-state index is 0.0700. The largest absolute Gasteiger partial charge is 0.297 e. The zero-order valence-electron chi connectivity index (χ0n) is 14.3. The maximum Gasteiger partial charge on any atom is 0.218 e. The molecule has 0 bridgehead atoms. The summed E-state index contributed by atoms with van der Waals surface area (Å²) in [5.74, 6) is 0.0700. The van der Waals surface area contributed by atoms with Crippen LogP contribution in [0.3, 0.4) is 0 Å². The van der Waals surface area contributed by atoms with Crippen LogP contribution < -0.4 is 0 Å². The van der Waals surface area contributed by atoms with E-state index in [0.717, 1.165) is 24.2 Å². The Morgan fingerprint density at radius 3 is 2.16 bits per heavy atom. The Balaban J connectivity index is 1.61. The van der Waals surface area contributed by atoms with E-state index in [1.54, 1.807) is 4.31 Å². The highest BCUT2D eigenvalue weighted by molar-refractivity contribution is 7.88. The van der Waals surface area contributed by atoms with Crippen molar-refractivity contribution < 1.29 is 8.42 Å². The lowest BCUT2D eigenvalue weighted by atomic mass is 10.0. The smallest absolute Gasteiger partial charge is 0.218 e. The van der Waals surface area contributed by atoms with Gasteiger partial charge >= 0.3 is 0 Å². The summed E-state index contributed by atoms with van der Waals surface area (Å²) in [6, 6.07) is 20.1.